The van der Waals surface area contributed by atoms with E-state index in [1.165, 1.54) is 5.39 Å². The number of rotatable bonds is 6. The monoisotopic (exact) mass is 517 g/mol. The fraction of sp³-hybridized carbons (Fsp3) is 0.281. The molecule has 1 unspecified atom stereocenters. The summed E-state index contributed by atoms with van der Waals surface area (Å²) in [4.78, 5) is 35.9. The number of carbonyl (C=O) groups excluding carboxylic acids is 2. The molecule has 1 aliphatic heterocycles. The van der Waals surface area contributed by atoms with Gasteiger partial charge in [-0.25, -0.2) is 4.98 Å². The van der Waals surface area contributed by atoms with Gasteiger partial charge in [0.15, 0.2) is 0 Å². The van der Waals surface area contributed by atoms with Crippen molar-refractivity contribution in [2.75, 3.05) is 20.1 Å². The number of carbonyl (C=O) groups is 2. The molecule has 196 valence electrons. The molecule has 1 aliphatic carbocycles. The first kappa shape index (κ1) is 23.7. The highest BCUT2D eigenvalue weighted by Gasteiger charge is 2.37. The third-order valence-corrected chi connectivity index (χ3v) is 8.23. The molecule has 0 bridgehead atoms. The molecular weight excluding hydrogens is 486 g/mol. The fourth-order valence-electron chi connectivity index (χ4n) is 5.97. The largest absolute Gasteiger partial charge is 0.361 e. The summed E-state index contributed by atoms with van der Waals surface area (Å²) in [7, 11) is 1.66. The number of para-hydroxylation sites is 1. The molecular formula is C32H31N5O2. The van der Waals surface area contributed by atoms with Gasteiger partial charge in [0, 0.05) is 49.9 Å². The number of fused-ring (bicyclic) bond motifs is 2. The predicted octanol–water partition coefficient (Wildman–Crippen LogP) is 5.47. The molecule has 2 fully saturated rings. The van der Waals surface area contributed by atoms with E-state index in [1.54, 1.807) is 7.05 Å². The lowest BCUT2D eigenvalue weighted by molar-refractivity contribution is -0.131. The van der Waals surface area contributed by atoms with E-state index in [9.17, 15) is 9.59 Å². The molecule has 1 atom stereocenters. The van der Waals surface area contributed by atoms with Crippen LogP contribution in [0.25, 0.3) is 44.5 Å². The van der Waals surface area contributed by atoms with Crippen molar-refractivity contribution < 1.29 is 9.59 Å². The number of H-pyrrole nitrogens is 1. The highest BCUT2D eigenvalue weighted by atomic mass is 16.2. The average molecular weight is 518 g/mol. The second kappa shape index (κ2) is 9.42. The van der Waals surface area contributed by atoms with E-state index in [4.69, 9.17) is 4.98 Å². The lowest BCUT2D eigenvalue weighted by Gasteiger charge is -2.18. The molecule has 0 radical (unpaired) electrons. The van der Waals surface area contributed by atoms with Gasteiger partial charge in [0.05, 0.1) is 16.6 Å². The lowest BCUT2D eigenvalue weighted by Crippen LogP contribution is -2.30. The molecule has 2 N–H and O–H groups in total. The Morgan fingerprint density at radius 3 is 2.56 bits per heavy atom. The quantitative estimate of drug-likeness (QED) is 0.313. The number of imidazole rings is 1. The molecule has 7 nitrogen and oxygen atoms in total. The smallest absolute Gasteiger partial charge is 0.253 e. The maximum absolute atomic E-state index is 12.9. The first-order valence-electron chi connectivity index (χ1n) is 13.8. The van der Waals surface area contributed by atoms with E-state index in [1.807, 2.05) is 29.3 Å². The van der Waals surface area contributed by atoms with Crippen LogP contribution >= 0.6 is 0 Å². The van der Waals surface area contributed by atoms with Crippen molar-refractivity contribution in [1.29, 1.82) is 0 Å². The molecule has 7 heteroatoms. The number of aromatic nitrogens is 3. The maximum Gasteiger partial charge on any atom is 0.253 e. The first-order chi connectivity index (χ1) is 19.1. The topological polar surface area (TPSA) is 83.0 Å². The van der Waals surface area contributed by atoms with Crippen LogP contribution in [0.5, 0.6) is 0 Å². The fourth-order valence-corrected chi connectivity index (χ4v) is 5.97. The number of hydrogen-bond donors (Lipinski definition) is 2. The van der Waals surface area contributed by atoms with Crippen LogP contribution in [0, 0.1) is 11.8 Å². The molecule has 5 aromatic rings. The zero-order chi connectivity index (χ0) is 26.5. The molecule has 2 aliphatic rings. The van der Waals surface area contributed by atoms with E-state index < -0.39 is 0 Å². The Bertz CT molecular complexity index is 1710. The summed E-state index contributed by atoms with van der Waals surface area (Å²) in [5.74, 6) is 1.59. The normalized spacial score (nSPS) is 17.3. The Hall–Kier alpha value is -4.39. The summed E-state index contributed by atoms with van der Waals surface area (Å²) in [6, 6.07) is 22.7. The second-order valence-corrected chi connectivity index (χ2v) is 10.9. The van der Waals surface area contributed by atoms with Crippen molar-refractivity contribution in [3.63, 3.8) is 0 Å². The van der Waals surface area contributed by atoms with Gasteiger partial charge in [-0.05, 0) is 66.0 Å². The summed E-state index contributed by atoms with van der Waals surface area (Å²) >= 11 is 0. The van der Waals surface area contributed by atoms with Gasteiger partial charge >= 0.3 is 0 Å². The van der Waals surface area contributed by atoms with Gasteiger partial charge in [-0.1, -0.05) is 42.5 Å². The number of nitrogens with one attached hydrogen (secondary N) is 2. The molecule has 2 aromatic heterocycles. The summed E-state index contributed by atoms with van der Waals surface area (Å²) in [5, 5.41) is 3.98. The van der Waals surface area contributed by atoms with Gasteiger partial charge in [-0.2, -0.15) is 0 Å². The molecule has 3 aromatic carbocycles. The molecule has 1 saturated carbocycles. The van der Waals surface area contributed by atoms with Crippen molar-refractivity contribution in [2.45, 2.75) is 25.8 Å². The van der Waals surface area contributed by atoms with E-state index in [0.29, 0.717) is 23.9 Å². The van der Waals surface area contributed by atoms with Crippen LogP contribution in [0.3, 0.4) is 0 Å². The number of benzene rings is 3. The van der Waals surface area contributed by atoms with Crippen LogP contribution in [0.2, 0.25) is 0 Å². The Morgan fingerprint density at radius 1 is 0.974 bits per heavy atom. The van der Waals surface area contributed by atoms with Gasteiger partial charge in [0.1, 0.15) is 5.82 Å². The molecule has 7 rings (SSSR count). The lowest BCUT2D eigenvalue weighted by atomic mass is 10.0. The van der Waals surface area contributed by atoms with E-state index in [2.05, 4.69) is 63.4 Å². The molecule has 39 heavy (non-hydrogen) atoms. The van der Waals surface area contributed by atoms with Crippen molar-refractivity contribution >= 4 is 33.8 Å². The van der Waals surface area contributed by atoms with E-state index >= 15 is 0 Å². The highest BCUT2D eigenvalue weighted by molar-refractivity contribution is 6.05. The molecule has 1 saturated heterocycles. The van der Waals surface area contributed by atoms with Crippen LogP contribution in [0.4, 0.5) is 0 Å². The number of amides is 2. The van der Waals surface area contributed by atoms with Crippen LogP contribution < -0.4 is 5.32 Å². The van der Waals surface area contributed by atoms with E-state index in [-0.39, 0.29) is 11.8 Å². The highest BCUT2D eigenvalue weighted by Crippen LogP contribution is 2.35. The molecule has 0 spiro atoms. The maximum atomic E-state index is 12.9. The zero-order valence-electron chi connectivity index (χ0n) is 22.0. The number of likely N-dealkylation sites (tertiary alicyclic amines) is 1. The van der Waals surface area contributed by atoms with Crippen LogP contribution in [-0.4, -0.2) is 51.4 Å². The summed E-state index contributed by atoms with van der Waals surface area (Å²) in [6.45, 7) is 2.28. The number of nitrogens with zero attached hydrogens (tertiary/aromatic N) is 3. The summed E-state index contributed by atoms with van der Waals surface area (Å²) in [5.41, 5.74) is 6.67. The van der Waals surface area contributed by atoms with Gasteiger partial charge in [0.25, 0.3) is 5.91 Å². The van der Waals surface area contributed by atoms with Crippen LogP contribution in [0.15, 0.2) is 72.9 Å². The number of aromatic amines is 1. The predicted molar refractivity (Wildman–Crippen MR) is 153 cm³/mol. The Kier molecular flexibility index (Phi) is 5.72. The third-order valence-electron chi connectivity index (χ3n) is 8.23. The van der Waals surface area contributed by atoms with Gasteiger partial charge in [-0.15, -0.1) is 0 Å². The second-order valence-electron chi connectivity index (χ2n) is 10.9. The minimum atomic E-state index is -0.125. The van der Waals surface area contributed by atoms with E-state index in [0.717, 1.165) is 71.4 Å². The molecule has 3 heterocycles. The Morgan fingerprint density at radius 2 is 1.77 bits per heavy atom. The average Bonchev–Trinajstić information content (AvgIpc) is 3.36. The van der Waals surface area contributed by atoms with Crippen molar-refractivity contribution in [1.82, 2.24) is 24.8 Å². The van der Waals surface area contributed by atoms with Crippen LogP contribution in [-0.2, 0) is 11.3 Å². The van der Waals surface area contributed by atoms with Crippen molar-refractivity contribution in [3.05, 3.63) is 78.5 Å². The Labute approximate surface area is 226 Å². The SMILES string of the molecule is CNC(=O)c1cccc2nc(-c3ccc(-c4ccc5cc[nH]c5c4)cc3)n(CC3CCN(C(=O)C4CC4)C3)c12. The van der Waals surface area contributed by atoms with Crippen molar-refractivity contribution in [3.8, 4) is 22.5 Å². The first-order valence-corrected chi connectivity index (χ1v) is 13.8. The van der Waals surface area contributed by atoms with Crippen molar-refractivity contribution in [2.24, 2.45) is 11.8 Å². The van der Waals surface area contributed by atoms with Gasteiger partial charge < -0.3 is 19.8 Å². The minimum absolute atomic E-state index is 0.125. The Balaban J connectivity index is 1.26. The summed E-state index contributed by atoms with van der Waals surface area (Å²) in [6.07, 6.45) is 4.97. The minimum Gasteiger partial charge on any atom is -0.361 e. The third kappa shape index (κ3) is 4.28. The molecule has 2 amide bonds. The summed E-state index contributed by atoms with van der Waals surface area (Å²) < 4.78 is 2.20. The van der Waals surface area contributed by atoms with Gasteiger partial charge in [0.2, 0.25) is 5.91 Å². The standard InChI is InChI=1S/C32H31N5O2/c1-33-31(38)26-3-2-4-27-29(26)37(19-20-14-16-36(18-20)32(39)24-10-11-24)30(35-27)23-8-5-21(6-9-23)25-12-7-22-13-15-34-28(22)17-25/h2-9,12-13,15,17,20,24,34H,10-11,14,16,18-19H2,1H3,(H,33,38). The number of hydrogen-bond acceptors (Lipinski definition) is 3. The van der Waals surface area contributed by atoms with Gasteiger partial charge in [-0.3, -0.25) is 9.59 Å². The zero-order valence-corrected chi connectivity index (χ0v) is 22.0. The van der Waals surface area contributed by atoms with Crippen LogP contribution in [0.1, 0.15) is 29.6 Å².